The van der Waals surface area contributed by atoms with E-state index in [-0.39, 0.29) is 30.3 Å². The topological polar surface area (TPSA) is 127 Å². The highest BCUT2D eigenvalue weighted by molar-refractivity contribution is 5.90. The Bertz CT molecular complexity index is 1940. The predicted molar refractivity (Wildman–Crippen MR) is 165 cm³/mol. The molecule has 5 rings (SSSR count). The fourth-order valence-corrected chi connectivity index (χ4v) is 5.57. The van der Waals surface area contributed by atoms with E-state index in [1.54, 1.807) is 30.7 Å². The SMILES string of the molecule is CC#CCn1c(N2CCC[C@@H](NC(=O)OC(C)(C)C)C2)nc2c1c(=O)n(Cc1ccc(C#N)c3ccccc13)c(=O)n2C. The number of alkyl carbamates (subject to hydrolysis) is 1. The smallest absolute Gasteiger partial charge is 0.407 e. The van der Waals surface area contributed by atoms with Crippen molar-refractivity contribution < 1.29 is 9.53 Å². The summed E-state index contributed by atoms with van der Waals surface area (Å²) < 4.78 is 9.81. The van der Waals surface area contributed by atoms with Crippen molar-refractivity contribution in [2.75, 3.05) is 18.0 Å². The average Bonchev–Trinajstić information content (AvgIpc) is 3.36. The van der Waals surface area contributed by atoms with Crippen molar-refractivity contribution in [3.8, 4) is 17.9 Å². The van der Waals surface area contributed by atoms with Gasteiger partial charge in [0, 0.05) is 26.2 Å². The minimum absolute atomic E-state index is 0.0270. The maximum atomic E-state index is 14.1. The minimum atomic E-state index is -0.611. The molecule has 4 aromatic rings. The number of carbonyl (C=O) groups excluding carboxylic acids is 1. The van der Waals surface area contributed by atoms with Gasteiger partial charge in [0.25, 0.3) is 5.56 Å². The number of nitriles is 1. The Morgan fingerprint density at radius 1 is 1.14 bits per heavy atom. The third-order valence-electron chi connectivity index (χ3n) is 7.51. The summed E-state index contributed by atoms with van der Waals surface area (Å²) in [4.78, 5) is 46.9. The second-order valence-electron chi connectivity index (χ2n) is 11.7. The van der Waals surface area contributed by atoms with Crippen LogP contribution in [0, 0.1) is 23.2 Å². The standard InChI is InChI=1S/C32H35N7O4/c1-6-7-17-38-26-27(35-29(38)37-16-10-11-23(20-37)34-30(41)43-32(2,3)4)36(5)31(42)39(28(26)40)19-22-15-14-21(18-33)24-12-8-9-13-25(22)24/h8-9,12-15,23H,10-11,16-17,19-20H2,1-5H3,(H,34,41)/t23-/m1/s1. The van der Waals surface area contributed by atoms with Crippen LogP contribution in [0.1, 0.15) is 51.7 Å². The van der Waals surface area contributed by atoms with Gasteiger partial charge >= 0.3 is 11.8 Å². The van der Waals surface area contributed by atoms with E-state index in [1.807, 2.05) is 49.9 Å². The molecule has 11 nitrogen and oxygen atoms in total. The summed E-state index contributed by atoms with van der Waals surface area (Å²) in [6.07, 6.45) is 1.08. The number of aryl methyl sites for hydroxylation is 1. The lowest BCUT2D eigenvalue weighted by Crippen LogP contribution is -2.49. The van der Waals surface area contributed by atoms with E-state index >= 15 is 0 Å². The Kier molecular flexibility index (Phi) is 8.01. The number of piperidine rings is 1. The average molecular weight is 582 g/mol. The highest BCUT2D eigenvalue weighted by atomic mass is 16.6. The first-order valence-corrected chi connectivity index (χ1v) is 14.3. The molecule has 1 N–H and O–H groups in total. The second-order valence-corrected chi connectivity index (χ2v) is 11.7. The first-order chi connectivity index (χ1) is 20.5. The van der Waals surface area contributed by atoms with Crippen LogP contribution in [0.2, 0.25) is 0 Å². The van der Waals surface area contributed by atoms with Crippen LogP contribution < -0.4 is 21.5 Å². The van der Waals surface area contributed by atoms with Gasteiger partial charge in [0.1, 0.15) is 5.60 Å². The monoisotopic (exact) mass is 581 g/mol. The molecule has 222 valence electrons. The molecule has 1 amide bonds. The molecule has 2 aromatic heterocycles. The van der Waals surface area contributed by atoms with Gasteiger partial charge in [0.05, 0.1) is 24.7 Å². The lowest BCUT2D eigenvalue weighted by atomic mass is 10.00. The summed E-state index contributed by atoms with van der Waals surface area (Å²) in [5.41, 5.74) is 0.248. The summed E-state index contributed by atoms with van der Waals surface area (Å²) in [7, 11) is 1.60. The first kappa shape index (κ1) is 29.5. The van der Waals surface area contributed by atoms with Crippen LogP contribution >= 0.6 is 0 Å². The van der Waals surface area contributed by atoms with E-state index in [9.17, 15) is 19.6 Å². The number of anilines is 1. The highest BCUT2D eigenvalue weighted by Crippen LogP contribution is 2.25. The van der Waals surface area contributed by atoms with E-state index < -0.39 is 22.9 Å². The number of nitrogens with zero attached hydrogens (tertiary/aromatic N) is 6. The molecule has 0 unspecified atom stereocenters. The summed E-state index contributed by atoms with van der Waals surface area (Å²) in [6, 6.07) is 13.0. The van der Waals surface area contributed by atoms with Gasteiger partial charge in [-0.25, -0.2) is 9.59 Å². The normalized spacial score (nSPS) is 15.2. The quantitative estimate of drug-likeness (QED) is 0.358. The van der Waals surface area contributed by atoms with Crippen molar-refractivity contribution in [2.24, 2.45) is 7.05 Å². The zero-order valence-electron chi connectivity index (χ0n) is 25.1. The van der Waals surface area contributed by atoms with Crippen LogP contribution in [0.3, 0.4) is 0 Å². The molecule has 2 aromatic carbocycles. The Balaban J connectivity index is 1.58. The van der Waals surface area contributed by atoms with E-state index in [2.05, 4.69) is 23.2 Å². The molecule has 1 fully saturated rings. The van der Waals surface area contributed by atoms with Crippen LogP contribution in [0.5, 0.6) is 0 Å². The lowest BCUT2D eigenvalue weighted by molar-refractivity contribution is 0.0499. The van der Waals surface area contributed by atoms with Crippen LogP contribution in [0.15, 0.2) is 46.0 Å². The van der Waals surface area contributed by atoms with Crippen molar-refractivity contribution in [1.29, 1.82) is 5.26 Å². The maximum absolute atomic E-state index is 14.1. The molecule has 0 saturated carbocycles. The molecule has 11 heteroatoms. The number of amides is 1. The number of nitrogens with one attached hydrogen (secondary N) is 1. The molecule has 0 spiro atoms. The number of ether oxygens (including phenoxy) is 1. The number of fused-ring (bicyclic) bond motifs is 2. The second kappa shape index (κ2) is 11.7. The van der Waals surface area contributed by atoms with Crippen molar-refractivity contribution >= 4 is 34.0 Å². The minimum Gasteiger partial charge on any atom is -0.444 e. The van der Waals surface area contributed by atoms with Gasteiger partial charge in [-0.1, -0.05) is 36.3 Å². The number of carbonyl (C=O) groups is 1. The number of benzene rings is 2. The van der Waals surface area contributed by atoms with Crippen molar-refractivity contribution in [2.45, 2.75) is 65.3 Å². The van der Waals surface area contributed by atoms with Crippen molar-refractivity contribution in [1.82, 2.24) is 24.0 Å². The molecule has 1 saturated heterocycles. The third kappa shape index (κ3) is 5.84. The van der Waals surface area contributed by atoms with E-state index in [4.69, 9.17) is 9.72 Å². The molecule has 1 aliphatic rings. The number of imidazole rings is 1. The Morgan fingerprint density at radius 2 is 1.88 bits per heavy atom. The molecule has 43 heavy (non-hydrogen) atoms. The summed E-state index contributed by atoms with van der Waals surface area (Å²) >= 11 is 0. The number of rotatable bonds is 5. The summed E-state index contributed by atoms with van der Waals surface area (Å²) in [6.45, 7) is 8.53. The fourth-order valence-electron chi connectivity index (χ4n) is 5.57. The summed E-state index contributed by atoms with van der Waals surface area (Å²) in [5, 5.41) is 14.1. The fraction of sp³-hybridized carbons (Fsp3) is 0.406. The van der Waals surface area contributed by atoms with Gasteiger partial charge in [-0.05, 0) is 62.9 Å². The predicted octanol–water partition coefficient (Wildman–Crippen LogP) is 3.49. The molecule has 3 heterocycles. The number of hydrogen-bond acceptors (Lipinski definition) is 7. The number of aromatic nitrogens is 4. The van der Waals surface area contributed by atoms with Crippen molar-refractivity contribution in [3.05, 3.63) is 68.4 Å². The van der Waals surface area contributed by atoms with E-state index in [1.165, 1.54) is 9.13 Å². The van der Waals surface area contributed by atoms with Gasteiger partial charge in [0.2, 0.25) is 5.95 Å². The molecule has 1 aliphatic heterocycles. The molecular weight excluding hydrogens is 546 g/mol. The molecule has 1 atom stereocenters. The van der Waals surface area contributed by atoms with E-state index in [0.29, 0.717) is 24.6 Å². The Labute approximate surface area is 249 Å². The van der Waals surface area contributed by atoms with Gasteiger partial charge in [-0.15, -0.1) is 5.92 Å². The largest absolute Gasteiger partial charge is 0.444 e. The van der Waals surface area contributed by atoms with Gasteiger partial charge in [0.15, 0.2) is 11.2 Å². The third-order valence-corrected chi connectivity index (χ3v) is 7.51. The Hall–Kier alpha value is -5.03. The summed E-state index contributed by atoms with van der Waals surface area (Å²) in [5.74, 6) is 6.46. The molecule has 0 aliphatic carbocycles. The van der Waals surface area contributed by atoms with Gasteiger partial charge in [-0.2, -0.15) is 10.2 Å². The van der Waals surface area contributed by atoms with Crippen LogP contribution in [0.25, 0.3) is 21.9 Å². The van der Waals surface area contributed by atoms with Crippen molar-refractivity contribution in [3.63, 3.8) is 0 Å². The molecular formula is C32H35N7O4. The Morgan fingerprint density at radius 3 is 2.58 bits per heavy atom. The number of hydrogen-bond donors (Lipinski definition) is 1. The molecule has 0 radical (unpaired) electrons. The lowest BCUT2D eigenvalue weighted by Gasteiger charge is -2.34. The van der Waals surface area contributed by atoms with Gasteiger partial charge < -0.3 is 15.0 Å². The van der Waals surface area contributed by atoms with Crippen LogP contribution in [-0.4, -0.2) is 49.5 Å². The van der Waals surface area contributed by atoms with Crippen LogP contribution in [-0.2, 0) is 24.9 Å². The van der Waals surface area contributed by atoms with E-state index in [0.717, 1.165) is 29.2 Å². The zero-order chi connectivity index (χ0) is 30.9. The zero-order valence-corrected chi connectivity index (χ0v) is 25.1. The molecule has 0 bridgehead atoms. The first-order valence-electron chi connectivity index (χ1n) is 14.3. The maximum Gasteiger partial charge on any atom is 0.407 e. The highest BCUT2D eigenvalue weighted by Gasteiger charge is 2.29. The van der Waals surface area contributed by atoms with Gasteiger partial charge in [-0.3, -0.25) is 18.5 Å². The van der Waals surface area contributed by atoms with Crippen LogP contribution in [0.4, 0.5) is 10.7 Å².